The second kappa shape index (κ2) is 4.75. The van der Waals surface area contributed by atoms with Crippen LogP contribution in [0.15, 0.2) is 6.20 Å². The van der Waals surface area contributed by atoms with Crippen molar-refractivity contribution >= 4 is 11.8 Å². The van der Waals surface area contributed by atoms with E-state index in [1.54, 1.807) is 10.9 Å². The second-order valence-corrected chi connectivity index (χ2v) is 5.58. The third-order valence-corrected chi connectivity index (χ3v) is 4.15. The molecule has 0 aromatic carbocycles. The lowest BCUT2D eigenvalue weighted by Crippen LogP contribution is -2.36. The van der Waals surface area contributed by atoms with Gasteiger partial charge in [0.2, 0.25) is 11.8 Å². The summed E-state index contributed by atoms with van der Waals surface area (Å²) in [5.74, 6) is -0.0513. The van der Waals surface area contributed by atoms with Gasteiger partial charge in [0.05, 0.1) is 23.9 Å². The molecule has 2 amide bonds. The van der Waals surface area contributed by atoms with E-state index in [2.05, 4.69) is 10.3 Å². The Labute approximate surface area is 112 Å². The summed E-state index contributed by atoms with van der Waals surface area (Å²) in [6.07, 6.45) is 1.90. The van der Waals surface area contributed by atoms with Crippen molar-refractivity contribution in [2.45, 2.75) is 47.2 Å². The molecule has 0 spiro atoms. The first-order valence-electron chi connectivity index (χ1n) is 6.62. The highest BCUT2D eigenvalue weighted by Gasteiger charge is 2.49. The molecule has 2 heterocycles. The molecular formula is C13H20N4O2. The zero-order valence-corrected chi connectivity index (χ0v) is 11.9. The standard InChI is InChI=1S/C13H20N4O2/c1-5-17-10(7-14-15-17)8-16-11(18)6-13(4,9(2)3)12(16)19/h7,9H,5-6,8H2,1-4H3. The van der Waals surface area contributed by atoms with E-state index in [9.17, 15) is 9.59 Å². The molecule has 0 bridgehead atoms. The summed E-state index contributed by atoms with van der Waals surface area (Å²) in [5, 5.41) is 7.74. The number of carbonyl (C=O) groups is 2. The Bertz CT molecular complexity index is 508. The number of hydrogen-bond acceptors (Lipinski definition) is 4. The fourth-order valence-corrected chi connectivity index (χ4v) is 2.35. The maximum Gasteiger partial charge on any atom is 0.236 e. The monoisotopic (exact) mass is 264 g/mol. The van der Waals surface area contributed by atoms with E-state index in [4.69, 9.17) is 0 Å². The van der Waals surface area contributed by atoms with Gasteiger partial charge in [0.25, 0.3) is 0 Å². The van der Waals surface area contributed by atoms with E-state index in [0.29, 0.717) is 6.54 Å². The Morgan fingerprint density at radius 1 is 1.42 bits per heavy atom. The molecule has 0 aliphatic carbocycles. The van der Waals surface area contributed by atoms with Gasteiger partial charge in [-0.05, 0) is 19.8 Å². The van der Waals surface area contributed by atoms with Crippen LogP contribution >= 0.6 is 0 Å². The van der Waals surface area contributed by atoms with Crippen molar-refractivity contribution in [3.05, 3.63) is 11.9 Å². The van der Waals surface area contributed by atoms with Crippen LogP contribution in [0.4, 0.5) is 0 Å². The summed E-state index contributed by atoms with van der Waals surface area (Å²) in [6.45, 7) is 8.71. The average Bonchev–Trinajstić information content (AvgIpc) is 2.88. The van der Waals surface area contributed by atoms with E-state index in [0.717, 1.165) is 5.69 Å². The highest BCUT2D eigenvalue weighted by Crippen LogP contribution is 2.39. The SMILES string of the molecule is CCn1nncc1CN1C(=O)CC(C)(C(C)C)C1=O. The van der Waals surface area contributed by atoms with E-state index >= 15 is 0 Å². The van der Waals surface area contributed by atoms with Crippen molar-refractivity contribution in [2.75, 3.05) is 0 Å². The van der Waals surface area contributed by atoms with Crippen LogP contribution < -0.4 is 0 Å². The van der Waals surface area contributed by atoms with Gasteiger partial charge in [-0.25, -0.2) is 4.68 Å². The number of carbonyl (C=O) groups excluding carboxylic acids is 2. The van der Waals surface area contributed by atoms with Crippen LogP contribution in [-0.2, 0) is 22.7 Å². The van der Waals surface area contributed by atoms with E-state index in [-0.39, 0.29) is 30.7 Å². The Morgan fingerprint density at radius 3 is 2.63 bits per heavy atom. The fourth-order valence-electron chi connectivity index (χ4n) is 2.35. The van der Waals surface area contributed by atoms with Gasteiger partial charge in [-0.3, -0.25) is 14.5 Å². The smallest absolute Gasteiger partial charge is 0.236 e. The predicted octanol–water partition coefficient (Wildman–Crippen LogP) is 1.22. The number of nitrogens with zero attached hydrogens (tertiary/aromatic N) is 4. The quantitative estimate of drug-likeness (QED) is 0.767. The van der Waals surface area contributed by atoms with Gasteiger partial charge < -0.3 is 0 Å². The van der Waals surface area contributed by atoms with Crippen molar-refractivity contribution in [3.8, 4) is 0 Å². The summed E-state index contributed by atoms with van der Waals surface area (Å²) in [4.78, 5) is 25.9. The number of rotatable bonds is 4. The van der Waals surface area contributed by atoms with E-state index < -0.39 is 5.41 Å². The van der Waals surface area contributed by atoms with Gasteiger partial charge in [0.1, 0.15) is 0 Å². The van der Waals surface area contributed by atoms with Gasteiger partial charge in [0.15, 0.2) is 0 Å². The summed E-state index contributed by atoms with van der Waals surface area (Å²) < 4.78 is 1.70. The molecule has 6 nitrogen and oxygen atoms in total. The Kier molecular flexibility index (Phi) is 3.43. The molecule has 1 unspecified atom stereocenters. The molecule has 1 atom stereocenters. The number of aryl methyl sites for hydroxylation is 1. The van der Waals surface area contributed by atoms with Gasteiger partial charge in [-0.15, -0.1) is 5.10 Å². The third kappa shape index (κ3) is 2.15. The molecule has 1 fully saturated rings. The molecule has 0 saturated carbocycles. The normalized spacial score (nSPS) is 23.7. The highest BCUT2D eigenvalue weighted by molar-refractivity contribution is 6.05. The Hall–Kier alpha value is -1.72. The van der Waals surface area contributed by atoms with Gasteiger partial charge in [0, 0.05) is 13.0 Å². The minimum Gasteiger partial charge on any atom is -0.276 e. The van der Waals surface area contributed by atoms with Crippen molar-refractivity contribution in [1.82, 2.24) is 19.9 Å². The molecule has 1 aromatic rings. The average molecular weight is 264 g/mol. The molecule has 1 aliphatic rings. The highest BCUT2D eigenvalue weighted by atomic mass is 16.2. The van der Waals surface area contributed by atoms with Crippen LogP contribution in [0.5, 0.6) is 0 Å². The van der Waals surface area contributed by atoms with Crippen molar-refractivity contribution in [2.24, 2.45) is 11.3 Å². The first kappa shape index (κ1) is 13.7. The summed E-state index contributed by atoms with van der Waals surface area (Å²) in [6, 6.07) is 0. The lowest BCUT2D eigenvalue weighted by atomic mass is 9.78. The molecule has 104 valence electrons. The first-order valence-corrected chi connectivity index (χ1v) is 6.62. The van der Waals surface area contributed by atoms with Crippen molar-refractivity contribution < 1.29 is 9.59 Å². The topological polar surface area (TPSA) is 68.1 Å². The molecule has 19 heavy (non-hydrogen) atoms. The fraction of sp³-hybridized carbons (Fsp3) is 0.692. The first-order chi connectivity index (χ1) is 8.90. The maximum atomic E-state index is 12.5. The van der Waals surface area contributed by atoms with Crippen LogP contribution in [-0.4, -0.2) is 31.7 Å². The minimum absolute atomic E-state index is 0.0867. The summed E-state index contributed by atoms with van der Waals surface area (Å²) in [7, 11) is 0. The number of hydrogen-bond donors (Lipinski definition) is 0. The molecule has 6 heteroatoms. The molecule has 0 radical (unpaired) electrons. The molecule has 1 aliphatic heterocycles. The largest absolute Gasteiger partial charge is 0.276 e. The third-order valence-electron chi connectivity index (χ3n) is 4.15. The summed E-state index contributed by atoms with van der Waals surface area (Å²) in [5.41, 5.74) is 0.207. The number of imide groups is 1. The lowest BCUT2D eigenvalue weighted by Gasteiger charge is -2.26. The zero-order chi connectivity index (χ0) is 14.2. The molecule has 1 saturated heterocycles. The predicted molar refractivity (Wildman–Crippen MR) is 68.8 cm³/mol. The van der Waals surface area contributed by atoms with E-state index in [1.807, 2.05) is 27.7 Å². The van der Waals surface area contributed by atoms with Crippen LogP contribution in [0.2, 0.25) is 0 Å². The van der Waals surface area contributed by atoms with Gasteiger partial charge in [-0.1, -0.05) is 19.1 Å². The second-order valence-electron chi connectivity index (χ2n) is 5.58. The summed E-state index contributed by atoms with van der Waals surface area (Å²) >= 11 is 0. The van der Waals surface area contributed by atoms with Gasteiger partial charge in [-0.2, -0.15) is 0 Å². The van der Waals surface area contributed by atoms with Crippen LogP contribution in [0.3, 0.4) is 0 Å². The van der Waals surface area contributed by atoms with Crippen LogP contribution in [0, 0.1) is 11.3 Å². The van der Waals surface area contributed by atoms with Crippen molar-refractivity contribution in [3.63, 3.8) is 0 Å². The van der Waals surface area contributed by atoms with E-state index in [1.165, 1.54) is 4.90 Å². The maximum absolute atomic E-state index is 12.5. The number of amides is 2. The molecule has 0 N–H and O–H groups in total. The molecule has 1 aromatic heterocycles. The molecule has 2 rings (SSSR count). The van der Waals surface area contributed by atoms with Crippen molar-refractivity contribution in [1.29, 1.82) is 0 Å². The number of likely N-dealkylation sites (tertiary alicyclic amines) is 1. The minimum atomic E-state index is -0.582. The van der Waals surface area contributed by atoms with Crippen LogP contribution in [0.25, 0.3) is 0 Å². The molecular weight excluding hydrogens is 244 g/mol. The van der Waals surface area contributed by atoms with Gasteiger partial charge >= 0.3 is 0 Å². The Balaban J connectivity index is 2.22. The zero-order valence-electron chi connectivity index (χ0n) is 11.9. The Morgan fingerprint density at radius 2 is 2.11 bits per heavy atom. The lowest BCUT2D eigenvalue weighted by molar-refractivity contribution is -0.142. The number of aromatic nitrogens is 3. The van der Waals surface area contributed by atoms with Crippen LogP contribution in [0.1, 0.15) is 39.8 Å².